The van der Waals surface area contributed by atoms with Crippen LogP contribution in [0.5, 0.6) is 5.75 Å². The van der Waals surface area contributed by atoms with Crippen LogP contribution in [0.25, 0.3) is 0 Å². The maximum Gasteiger partial charge on any atom is 0.224 e. The summed E-state index contributed by atoms with van der Waals surface area (Å²) < 4.78 is 12.8. The molecule has 0 aliphatic carbocycles. The highest BCUT2D eigenvalue weighted by atomic mass is 35.5. The van der Waals surface area contributed by atoms with Gasteiger partial charge in [0.15, 0.2) is 5.78 Å². The fourth-order valence-corrected chi connectivity index (χ4v) is 2.00. The molecular weight excluding hydrogens is 309 g/mol. The first-order chi connectivity index (χ1) is 10.5. The number of benzene rings is 2. The van der Waals surface area contributed by atoms with Crippen LogP contribution in [0.2, 0.25) is 5.02 Å². The molecule has 2 N–H and O–H groups in total. The zero-order chi connectivity index (χ0) is 16.1. The van der Waals surface area contributed by atoms with Crippen LogP contribution in [0, 0.1) is 5.82 Å². The van der Waals surface area contributed by atoms with Crippen molar-refractivity contribution >= 4 is 29.0 Å². The van der Waals surface area contributed by atoms with Crippen molar-refractivity contribution in [2.75, 3.05) is 5.32 Å². The van der Waals surface area contributed by atoms with E-state index in [9.17, 15) is 19.1 Å². The van der Waals surface area contributed by atoms with Crippen molar-refractivity contribution in [2.24, 2.45) is 0 Å². The number of carbonyl (C=O) groups excluding carboxylic acids is 2. The van der Waals surface area contributed by atoms with Gasteiger partial charge in [-0.1, -0.05) is 11.6 Å². The second-order valence-electron chi connectivity index (χ2n) is 4.64. The van der Waals surface area contributed by atoms with E-state index in [0.717, 1.165) is 0 Å². The van der Waals surface area contributed by atoms with E-state index in [0.29, 0.717) is 10.6 Å². The van der Waals surface area contributed by atoms with Crippen LogP contribution in [0.15, 0.2) is 42.5 Å². The number of phenols is 1. The number of hydrogen-bond acceptors (Lipinski definition) is 3. The molecule has 0 unspecified atom stereocenters. The van der Waals surface area contributed by atoms with Gasteiger partial charge >= 0.3 is 0 Å². The number of aromatic hydroxyl groups is 1. The van der Waals surface area contributed by atoms with E-state index in [1.54, 1.807) is 0 Å². The number of carbonyl (C=O) groups is 2. The average molecular weight is 322 g/mol. The number of Topliss-reactive ketones (excluding diaryl/α,β-unsaturated/α-hetero) is 1. The molecule has 0 atom stereocenters. The molecule has 1 amide bonds. The summed E-state index contributed by atoms with van der Waals surface area (Å²) in [4.78, 5) is 23.6. The van der Waals surface area contributed by atoms with E-state index < -0.39 is 11.7 Å². The van der Waals surface area contributed by atoms with Gasteiger partial charge in [-0.2, -0.15) is 0 Å². The second-order valence-corrected chi connectivity index (χ2v) is 5.08. The Hall–Kier alpha value is -2.40. The van der Waals surface area contributed by atoms with Crippen LogP contribution < -0.4 is 5.32 Å². The fourth-order valence-electron chi connectivity index (χ4n) is 1.83. The van der Waals surface area contributed by atoms with Crippen molar-refractivity contribution in [2.45, 2.75) is 12.8 Å². The molecule has 0 spiro atoms. The summed E-state index contributed by atoms with van der Waals surface area (Å²) in [5.41, 5.74) is 0.534. The first-order valence-corrected chi connectivity index (χ1v) is 6.90. The zero-order valence-corrected chi connectivity index (χ0v) is 12.2. The quantitative estimate of drug-likeness (QED) is 0.650. The van der Waals surface area contributed by atoms with Crippen LogP contribution in [0.4, 0.5) is 10.1 Å². The molecule has 2 rings (SSSR count). The first-order valence-electron chi connectivity index (χ1n) is 6.53. The maximum atomic E-state index is 12.8. The highest BCUT2D eigenvalue weighted by molar-refractivity contribution is 6.31. The predicted molar refractivity (Wildman–Crippen MR) is 81.7 cm³/mol. The molecule has 6 heteroatoms. The lowest BCUT2D eigenvalue weighted by molar-refractivity contribution is -0.116. The number of phenolic OH excluding ortho intramolecular Hbond substituents is 1. The molecule has 0 heterocycles. The molecule has 0 saturated heterocycles. The highest BCUT2D eigenvalue weighted by Crippen LogP contribution is 2.26. The van der Waals surface area contributed by atoms with Crippen LogP contribution >= 0.6 is 11.6 Å². The summed E-state index contributed by atoms with van der Waals surface area (Å²) in [5, 5.41) is 12.4. The molecular formula is C16H13ClFNO3. The lowest BCUT2D eigenvalue weighted by atomic mass is 10.1. The van der Waals surface area contributed by atoms with Crippen molar-refractivity contribution in [1.82, 2.24) is 0 Å². The van der Waals surface area contributed by atoms with Gasteiger partial charge in [0.25, 0.3) is 0 Å². The third kappa shape index (κ3) is 4.30. The summed E-state index contributed by atoms with van der Waals surface area (Å²) in [7, 11) is 0. The SMILES string of the molecule is O=C(CCC(=O)c1ccc(F)cc1)Nc1cc(Cl)ccc1O. The van der Waals surface area contributed by atoms with Crippen molar-refractivity contribution in [3.63, 3.8) is 0 Å². The Morgan fingerprint density at radius 2 is 1.77 bits per heavy atom. The zero-order valence-electron chi connectivity index (χ0n) is 11.5. The minimum Gasteiger partial charge on any atom is -0.506 e. The number of rotatable bonds is 5. The lowest BCUT2D eigenvalue weighted by Gasteiger charge is -2.07. The van der Waals surface area contributed by atoms with E-state index in [4.69, 9.17) is 11.6 Å². The molecule has 0 saturated carbocycles. The number of hydrogen-bond donors (Lipinski definition) is 2. The summed E-state index contributed by atoms with van der Waals surface area (Å²) in [6.07, 6.45) is -0.0685. The number of halogens is 2. The Bertz CT molecular complexity index is 701. The number of nitrogens with one attached hydrogen (secondary N) is 1. The van der Waals surface area contributed by atoms with Gasteiger partial charge in [-0.15, -0.1) is 0 Å². The molecule has 0 aliphatic heterocycles. The maximum absolute atomic E-state index is 12.8. The molecule has 4 nitrogen and oxygen atoms in total. The smallest absolute Gasteiger partial charge is 0.224 e. The summed E-state index contributed by atoms with van der Waals surface area (Å²) >= 11 is 5.77. The van der Waals surface area contributed by atoms with E-state index in [1.165, 1.54) is 42.5 Å². The third-order valence-electron chi connectivity index (χ3n) is 2.98. The molecule has 0 aromatic heterocycles. The highest BCUT2D eigenvalue weighted by Gasteiger charge is 2.11. The van der Waals surface area contributed by atoms with Gasteiger partial charge in [-0.25, -0.2) is 4.39 Å². The average Bonchev–Trinajstić information content (AvgIpc) is 2.49. The van der Waals surface area contributed by atoms with E-state index in [2.05, 4.69) is 5.32 Å². The van der Waals surface area contributed by atoms with Crippen molar-refractivity contribution in [3.05, 3.63) is 58.9 Å². The standard InChI is InChI=1S/C16H13ClFNO3/c17-11-3-6-15(21)13(9-11)19-16(22)8-7-14(20)10-1-4-12(18)5-2-10/h1-6,9,21H,7-8H2,(H,19,22). The van der Waals surface area contributed by atoms with Gasteiger partial charge in [0.05, 0.1) is 5.69 Å². The summed E-state index contributed by atoms with van der Waals surface area (Å²) in [5.74, 6) is -1.22. The van der Waals surface area contributed by atoms with Gasteiger partial charge < -0.3 is 10.4 Å². The van der Waals surface area contributed by atoms with Crippen molar-refractivity contribution in [1.29, 1.82) is 0 Å². The fraction of sp³-hybridized carbons (Fsp3) is 0.125. The Labute approximate surface area is 131 Å². The summed E-state index contributed by atoms with van der Waals surface area (Å²) in [6.45, 7) is 0. The molecule has 0 bridgehead atoms. The lowest BCUT2D eigenvalue weighted by Crippen LogP contribution is -2.13. The molecule has 0 radical (unpaired) electrons. The van der Waals surface area contributed by atoms with Crippen LogP contribution in [-0.2, 0) is 4.79 Å². The second kappa shape index (κ2) is 7.04. The Morgan fingerprint density at radius 3 is 2.45 bits per heavy atom. The van der Waals surface area contributed by atoms with Gasteiger partial charge in [-0.05, 0) is 42.5 Å². The Morgan fingerprint density at radius 1 is 1.09 bits per heavy atom. The molecule has 2 aromatic rings. The normalized spacial score (nSPS) is 10.3. The predicted octanol–water partition coefficient (Wildman–Crippen LogP) is 3.79. The number of amides is 1. The number of anilines is 1. The van der Waals surface area contributed by atoms with E-state index >= 15 is 0 Å². The van der Waals surface area contributed by atoms with Gasteiger partial charge in [0, 0.05) is 23.4 Å². The van der Waals surface area contributed by atoms with Crippen LogP contribution in [-0.4, -0.2) is 16.8 Å². The number of ketones is 1. The van der Waals surface area contributed by atoms with Gasteiger partial charge in [-0.3, -0.25) is 9.59 Å². The Kier molecular flexibility index (Phi) is 5.12. The largest absolute Gasteiger partial charge is 0.506 e. The first kappa shape index (κ1) is 16.0. The molecule has 22 heavy (non-hydrogen) atoms. The minimum atomic E-state index is -0.425. The van der Waals surface area contributed by atoms with Crippen LogP contribution in [0.3, 0.4) is 0 Å². The summed E-state index contributed by atoms with van der Waals surface area (Å²) in [6, 6.07) is 9.40. The van der Waals surface area contributed by atoms with Crippen molar-refractivity contribution < 1.29 is 19.1 Å². The Balaban J connectivity index is 1.91. The van der Waals surface area contributed by atoms with Crippen LogP contribution in [0.1, 0.15) is 23.2 Å². The van der Waals surface area contributed by atoms with E-state index in [1.807, 2.05) is 0 Å². The van der Waals surface area contributed by atoms with Gasteiger partial charge in [0.1, 0.15) is 11.6 Å². The molecule has 2 aromatic carbocycles. The van der Waals surface area contributed by atoms with Gasteiger partial charge in [0.2, 0.25) is 5.91 Å². The minimum absolute atomic E-state index is 0.0151. The third-order valence-corrected chi connectivity index (χ3v) is 3.21. The van der Waals surface area contributed by atoms with E-state index in [-0.39, 0.29) is 30.1 Å². The topological polar surface area (TPSA) is 66.4 Å². The molecule has 114 valence electrons. The molecule has 0 fully saturated rings. The van der Waals surface area contributed by atoms with Crippen molar-refractivity contribution in [3.8, 4) is 5.75 Å². The monoisotopic (exact) mass is 321 g/mol. The molecule has 0 aliphatic rings.